The van der Waals surface area contributed by atoms with Crippen LogP contribution in [0.2, 0.25) is 0 Å². The molecular formula is C23H20N2O3S2. The topological polar surface area (TPSA) is 95.6 Å². The molecule has 0 spiro atoms. The smallest absolute Gasteiger partial charge is 0.326 e. The zero-order chi connectivity index (χ0) is 21.7. The van der Waals surface area contributed by atoms with E-state index in [1.165, 1.54) is 12.1 Å². The predicted molar refractivity (Wildman–Crippen MR) is 126 cm³/mol. The number of nitrogens with two attached hydrogens (primary N) is 1. The summed E-state index contributed by atoms with van der Waals surface area (Å²) in [6.07, 6.45) is 0.210. The molecule has 0 bridgehead atoms. The number of carboxylic acids is 1. The van der Waals surface area contributed by atoms with Crippen molar-refractivity contribution in [3.8, 4) is 16.9 Å². The van der Waals surface area contributed by atoms with Gasteiger partial charge in [0.25, 0.3) is 0 Å². The molecule has 0 fully saturated rings. The van der Waals surface area contributed by atoms with Gasteiger partial charge in [-0.05, 0) is 28.8 Å². The van der Waals surface area contributed by atoms with Gasteiger partial charge < -0.3 is 21.3 Å². The minimum atomic E-state index is -1.02. The van der Waals surface area contributed by atoms with E-state index >= 15 is 0 Å². The molecule has 5 nitrogen and oxygen atoms in total. The van der Waals surface area contributed by atoms with Crippen LogP contribution in [0.5, 0.6) is 5.75 Å². The van der Waals surface area contributed by atoms with E-state index in [1.54, 1.807) is 12.1 Å². The molecular weight excluding hydrogens is 416 g/mol. The molecule has 3 rings (SSSR count). The Labute approximate surface area is 185 Å². The molecule has 30 heavy (non-hydrogen) atoms. The Morgan fingerprint density at radius 3 is 2.00 bits per heavy atom. The number of nitrogens with one attached hydrogen (secondary N) is 1. The third-order valence-corrected chi connectivity index (χ3v) is 5.19. The maximum absolute atomic E-state index is 11.8. The summed E-state index contributed by atoms with van der Waals surface area (Å²) >= 11 is 10.7. The van der Waals surface area contributed by atoms with Crippen LogP contribution in [0, 0.1) is 0 Å². The first kappa shape index (κ1) is 21.4. The molecule has 5 N–H and O–H groups in total. The number of phenolic OH excluding ortho intramolecular Hbond substituents is 1. The van der Waals surface area contributed by atoms with Crippen LogP contribution in [0.15, 0.2) is 72.8 Å². The van der Waals surface area contributed by atoms with Crippen LogP contribution in [-0.4, -0.2) is 32.2 Å². The van der Waals surface area contributed by atoms with Gasteiger partial charge in [0.05, 0.1) is 0 Å². The minimum Gasteiger partial charge on any atom is -0.508 e. The van der Waals surface area contributed by atoms with Crippen molar-refractivity contribution < 1.29 is 15.0 Å². The van der Waals surface area contributed by atoms with Crippen LogP contribution < -0.4 is 11.1 Å². The molecule has 0 saturated heterocycles. The third kappa shape index (κ3) is 5.00. The maximum atomic E-state index is 11.8. The van der Waals surface area contributed by atoms with E-state index in [1.807, 2.05) is 48.5 Å². The van der Waals surface area contributed by atoms with Gasteiger partial charge in [-0.1, -0.05) is 85.1 Å². The Kier molecular flexibility index (Phi) is 6.76. The van der Waals surface area contributed by atoms with E-state index < -0.39 is 12.0 Å². The normalized spacial score (nSPS) is 11.5. The summed E-state index contributed by atoms with van der Waals surface area (Å²) in [5.41, 5.74) is 9.70. The number of hydrogen-bond acceptors (Lipinski definition) is 4. The third-order valence-electron chi connectivity index (χ3n) is 4.63. The lowest BCUT2D eigenvalue weighted by molar-refractivity contribution is -0.139. The van der Waals surface area contributed by atoms with Gasteiger partial charge in [-0.15, -0.1) is 0 Å². The number of aliphatic carboxylic acids is 1. The second-order valence-corrected chi connectivity index (χ2v) is 7.54. The van der Waals surface area contributed by atoms with Gasteiger partial charge >= 0.3 is 5.97 Å². The first-order valence-electron chi connectivity index (χ1n) is 9.16. The van der Waals surface area contributed by atoms with Crippen LogP contribution in [0.25, 0.3) is 11.1 Å². The van der Waals surface area contributed by atoms with Gasteiger partial charge in [0.1, 0.15) is 21.8 Å². The summed E-state index contributed by atoms with van der Waals surface area (Å²) < 4.78 is 0. The second-order valence-electron chi connectivity index (χ2n) is 6.69. The average Bonchev–Trinajstić information content (AvgIpc) is 2.74. The van der Waals surface area contributed by atoms with Crippen molar-refractivity contribution in [3.63, 3.8) is 0 Å². The fourth-order valence-electron chi connectivity index (χ4n) is 3.15. The van der Waals surface area contributed by atoms with Gasteiger partial charge in [0.15, 0.2) is 0 Å². The van der Waals surface area contributed by atoms with Crippen molar-refractivity contribution in [1.82, 2.24) is 5.32 Å². The van der Waals surface area contributed by atoms with E-state index in [2.05, 4.69) is 5.32 Å². The summed E-state index contributed by atoms with van der Waals surface area (Å²) in [6, 6.07) is 20.4. The lowest BCUT2D eigenvalue weighted by atomic mass is 9.95. The summed E-state index contributed by atoms with van der Waals surface area (Å²) in [7, 11) is 0. The molecule has 0 unspecified atom stereocenters. The van der Waals surface area contributed by atoms with Crippen molar-refractivity contribution in [2.45, 2.75) is 12.5 Å². The van der Waals surface area contributed by atoms with E-state index in [-0.39, 0.29) is 17.2 Å². The SMILES string of the molecule is NC(=S)c1ccccc1-c1ccccc1C(=S)N[C@@H](Cc1ccc(O)cc1)C(=O)O. The lowest BCUT2D eigenvalue weighted by Crippen LogP contribution is -2.42. The molecule has 0 aliphatic carbocycles. The van der Waals surface area contributed by atoms with Crippen molar-refractivity contribution in [1.29, 1.82) is 0 Å². The van der Waals surface area contributed by atoms with E-state index in [9.17, 15) is 15.0 Å². The predicted octanol–water partition coefficient (Wildman–Crippen LogP) is 3.65. The van der Waals surface area contributed by atoms with Crippen LogP contribution in [0.1, 0.15) is 16.7 Å². The number of phenols is 1. The molecule has 0 aliphatic rings. The highest BCUT2D eigenvalue weighted by Crippen LogP contribution is 2.27. The molecule has 3 aromatic carbocycles. The molecule has 0 amide bonds. The molecule has 1 atom stereocenters. The number of hydrogen-bond donors (Lipinski definition) is 4. The van der Waals surface area contributed by atoms with Gasteiger partial charge in [0.2, 0.25) is 0 Å². The molecule has 3 aromatic rings. The quantitative estimate of drug-likeness (QED) is 0.420. The van der Waals surface area contributed by atoms with Crippen molar-refractivity contribution in [3.05, 3.63) is 89.5 Å². The Hall–Kier alpha value is -3.29. The summed E-state index contributed by atoms with van der Waals surface area (Å²) in [5, 5.41) is 22.1. The number of carboxylic acid groups (broad SMARTS) is 1. The van der Waals surface area contributed by atoms with Gasteiger partial charge in [-0.25, -0.2) is 4.79 Å². The van der Waals surface area contributed by atoms with Gasteiger partial charge in [-0.3, -0.25) is 0 Å². The molecule has 0 radical (unpaired) electrons. The second kappa shape index (κ2) is 9.47. The van der Waals surface area contributed by atoms with E-state index in [0.717, 1.165) is 22.3 Å². The Bertz CT molecular complexity index is 1100. The fourth-order valence-corrected chi connectivity index (χ4v) is 3.65. The molecule has 0 aliphatic heterocycles. The lowest BCUT2D eigenvalue weighted by Gasteiger charge is -2.19. The van der Waals surface area contributed by atoms with Gasteiger partial charge in [0, 0.05) is 17.5 Å². The van der Waals surface area contributed by atoms with Crippen molar-refractivity contribution in [2.75, 3.05) is 0 Å². The minimum absolute atomic E-state index is 0.125. The number of rotatable bonds is 7. The maximum Gasteiger partial charge on any atom is 0.326 e. The zero-order valence-corrected chi connectivity index (χ0v) is 17.5. The van der Waals surface area contributed by atoms with Crippen LogP contribution in [0.3, 0.4) is 0 Å². The van der Waals surface area contributed by atoms with E-state index in [0.29, 0.717) is 10.6 Å². The highest BCUT2D eigenvalue weighted by atomic mass is 32.1. The van der Waals surface area contributed by atoms with Crippen molar-refractivity contribution in [2.24, 2.45) is 5.73 Å². The first-order valence-corrected chi connectivity index (χ1v) is 9.98. The highest BCUT2D eigenvalue weighted by molar-refractivity contribution is 7.81. The molecule has 152 valence electrons. The van der Waals surface area contributed by atoms with Crippen LogP contribution in [-0.2, 0) is 11.2 Å². The summed E-state index contributed by atoms with van der Waals surface area (Å²) in [6.45, 7) is 0. The highest BCUT2D eigenvalue weighted by Gasteiger charge is 2.21. The number of benzene rings is 3. The zero-order valence-electron chi connectivity index (χ0n) is 15.9. The molecule has 0 aromatic heterocycles. The summed E-state index contributed by atoms with van der Waals surface area (Å²) in [5.74, 6) is -0.897. The molecule has 7 heteroatoms. The molecule has 0 heterocycles. The number of thiocarbonyl (C=S) groups is 2. The Morgan fingerprint density at radius 1 is 0.900 bits per heavy atom. The van der Waals surface area contributed by atoms with Gasteiger partial charge in [-0.2, -0.15) is 0 Å². The number of carbonyl (C=O) groups is 1. The Balaban J connectivity index is 1.91. The monoisotopic (exact) mass is 436 g/mol. The fraction of sp³-hybridized carbons (Fsp3) is 0.0870. The standard InChI is InChI=1S/C23H20N2O3S2/c24-21(29)18-7-3-1-5-16(18)17-6-2-4-8-19(17)22(30)25-20(23(27)28)13-14-9-11-15(26)12-10-14/h1-12,20,26H,13H2,(H2,24,29)(H,25,30)(H,27,28)/t20-/m0/s1. The van der Waals surface area contributed by atoms with Crippen LogP contribution in [0.4, 0.5) is 0 Å². The average molecular weight is 437 g/mol. The molecule has 0 saturated carbocycles. The summed E-state index contributed by atoms with van der Waals surface area (Å²) in [4.78, 5) is 12.4. The first-order chi connectivity index (χ1) is 14.4. The van der Waals surface area contributed by atoms with E-state index in [4.69, 9.17) is 30.2 Å². The van der Waals surface area contributed by atoms with Crippen LogP contribution >= 0.6 is 24.4 Å². The Morgan fingerprint density at radius 2 is 1.43 bits per heavy atom. The number of aromatic hydroxyl groups is 1. The largest absolute Gasteiger partial charge is 0.508 e. The van der Waals surface area contributed by atoms with Crippen molar-refractivity contribution >= 4 is 40.4 Å².